The summed E-state index contributed by atoms with van der Waals surface area (Å²) in [6.45, 7) is 28.7. The third kappa shape index (κ3) is 22.4. The molecule has 16 rings (SSSR count). The highest BCUT2D eigenvalue weighted by Crippen LogP contribution is 2.29. The van der Waals surface area contributed by atoms with E-state index in [1.54, 1.807) is 0 Å². The molecule has 4 aromatic heterocycles. The van der Waals surface area contributed by atoms with Crippen LogP contribution in [0.4, 0.5) is 0 Å². The van der Waals surface area contributed by atoms with E-state index in [1.807, 2.05) is 91.0 Å². The van der Waals surface area contributed by atoms with Gasteiger partial charge in [0.05, 0.1) is 32.8 Å². The second-order valence-electron chi connectivity index (χ2n) is 30.4. The van der Waals surface area contributed by atoms with Crippen LogP contribution in [0.2, 0.25) is 0 Å². The number of aromatic nitrogens is 8. The standard InChI is InChI=1S/C23H27N3O2.C22H23N3O2.C21H30N4O.C20H28N4O/c1-17-5-9-20(10-6-17)23-24-22(28-25-23)15-26-13-3-4-19(14-26)16-27-21-11-7-18(2)8-12-21;1-16-9-11-18(12-10-16)22-23-20(27-24-22)15-25-13-5-8-19(14-25)21(26)17-6-3-2-4-7-17;1-17-7-9-19(10-8-17)21-22-20(26-23-21)16-25-13-5-6-18(15-25)14-24-11-3-2-4-12-24;1-16-5-7-17(8-6-16)20-21-19(25-22-20)15-23-13-9-18(10-14-23)24-11-3-2-4-12-24/h5-12,19H,3-4,13-16H2,1-2H3;2-4,6-7,9-12,19H,5,8,13-15H2,1H3;7-10,18H,2-6,11-16H2,1H3;5-8,18H,2-4,9-15H2,1H3. The first-order valence-electron chi connectivity index (χ1n) is 39.1. The zero-order valence-electron chi connectivity index (χ0n) is 63.1. The Bertz CT molecular complexity index is 4230. The maximum Gasteiger partial charge on any atom is 0.241 e. The fourth-order valence-corrected chi connectivity index (χ4v) is 15.5. The van der Waals surface area contributed by atoms with Crippen LogP contribution >= 0.6 is 0 Å². The lowest BCUT2D eigenvalue weighted by Gasteiger charge is -2.39. The van der Waals surface area contributed by atoms with E-state index in [2.05, 4.69) is 165 Å². The molecule has 6 aromatic carbocycles. The molecule has 0 aliphatic carbocycles. The Hall–Kier alpha value is -8.89. The van der Waals surface area contributed by atoms with Crippen molar-refractivity contribution in [3.05, 3.63) is 209 Å². The monoisotopic (exact) mass is 1430 g/mol. The molecule has 20 nitrogen and oxygen atoms in total. The van der Waals surface area contributed by atoms with Gasteiger partial charge in [0.1, 0.15) is 5.75 Å². The van der Waals surface area contributed by atoms with Gasteiger partial charge in [0.15, 0.2) is 5.78 Å². The Labute approximate surface area is 626 Å². The van der Waals surface area contributed by atoms with Crippen LogP contribution in [0.25, 0.3) is 45.6 Å². The van der Waals surface area contributed by atoms with Gasteiger partial charge in [-0.3, -0.25) is 24.4 Å². The van der Waals surface area contributed by atoms with Crippen LogP contribution < -0.4 is 4.74 Å². The minimum absolute atomic E-state index is 0.0284. The topological polar surface area (TPSA) is 201 Å². The number of likely N-dealkylation sites (tertiary alicyclic amines) is 6. The van der Waals surface area contributed by atoms with Crippen molar-refractivity contribution in [3.8, 4) is 51.3 Å². The number of benzene rings is 6. The molecule has 6 aliphatic heterocycles. The summed E-state index contributed by atoms with van der Waals surface area (Å²) in [5.74, 6) is 7.90. The highest BCUT2D eigenvalue weighted by molar-refractivity contribution is 5.98. The number of Topliss-reactive ketones (excluding diaryl/α,β-unsaturated/α-hetero) is 1. The molecule has 10 aromatic rings. The van der Waals surface area contributed by atoms with Crippen molar-refractivity contribution in [2.24, 2.45) is 17.8 Å². The van der Waals surface area contributed by atoms with E-state index in [9.17, 15) is 4.79 Å². The number of nitrogens with zero attached hydrogens (tertiary/aromatic N) is 14. The molecular formula is C86H108N14O6. The molecule has 6 saturated heterocycles. The van der Waals surface area contributed by atoms with Gasteiger partial charge in [0, 0.05) is 85.0 Å². The van der Waals surface area contributed by atoms with Crippen molar-refractivity contribution in [3.63, 3.8) is 0 Å². The van der Waals surface area contributed by atoms with Crippen LogP contribution in [-0.2, 0) is 26.2 Å². The van der Waals surface area contributed by atoms with E-state index < -0.39 is 0 Å². The molecule has 106 heavy (non-hydrogen) atoms. The van der Waals surface area contributed by atoms with Crippen molar-refractivity contribution in [1.29, 1.82) is 0 Å². The van der Waals surface area contributed by atoms with Crippen LogP contribution in [0.3, 0.4) is 0 Å². The summed E-state index contributed by atoms with van der Waals surface area (Å²) in [5, 5.41) is 16.6. The minimum Gasteiger partial charge on any atom is -0.493 e. The molecule has 0 spiro atoms. The molecule has 558 valence electrons. The van der Waals surface area contributed by atoms with Crippen LogP contribution in [0, 0.1) is 52.4 Å². The van der Waals surface area contributed by atoms with Crippen LogP contribution in [0.1, 0.15) is 152 Å². The summed E-state index contributed by atoms with van der Waals surface area (Å²) >= 11 is 0. The zero-order valence-corrected chi connectivity index (χ0v) is 63.1. The van der Waals surface area contributed by atoms with Gasteiger partial charge in [-0.25, -0.2) is 0 Å². The average molecular weight is 1430 g/mol. The third-order valence-electron chi connectivity index (χ3n) is 21.6. The number of aryl methyl sites for hydroxylation is 5. The van der Waals surface area contributed by atoms with Gasteiger partial charge >= 0.3 is 0 Å². The van der Waals surface area contributed by atoms with Crippen LogP contribution in [0.5, 0.6) is 5.75 Å². The van der Waals surface area contributed by atoms with Gasteiger partial charge in [-0.2, -0.15) is 19.9 Å². The van der Waals surface area contributed by atoms with Crippen molar-refractivity contribution in [2.75, 3.05) is 91.7 Å². The van der Waals surface area contributed by atoms with E-state index >= 15 is 0 Å². The van der Waals surface area contributed by atoms with Crippen molar-refractivity contribution < 1.29 is 27.6 Å². The van der Waals surface area contributed by atoms with Gasteiger partial charge in [0.25, 0.3) is 0 Å². The molecule has 0 saturated carbocycles. The molecule has 0 bridgehead atoms. The van der Waals surface area contributed by atoms with E-state index in [4.69, 9.17) is 22.8 Å². The molecule has 6 fully saturated rings. The Morgan fingerprint density at radius 3 is 1.18 bits per heavy atom. The number of hydrogen-bond acceptors (Lipinski definition) is 20. The molecule has 3 atom stereocenters. The first kappa shape index (κ1) is 75.3. The molecule has 0 N–H and O–H groups in total. The summed E-state index contributed by atoms with van der Waals surface area (Å²) < 4.78 is 27.9. The zero-order chi connectivity index (χ0) is 72.8. The van der Waals surface area contributed by atoms with Gasteiger partial charge in [-0.15, -0.1) is 0 Å². The van der Waals surface area contributed by atoms with Crippen molar-refractivity contribution >= 4 is 5.78 Å². The van der Waals surface area contributed by atoms with Gasteiger partial charge in [-0.05, 0) is 176 Å². The van der Waals surface area contributed by atoms with E-state index in [0.717, 1.165) is 142 Å². The molecule has 6 aliphatic rings. The maximum atomic E-state index is 12.7. The number of carbonyl (C=O) groups excluding carboxylic acids is 1. The molecule has 10 heterocycles. The minimum atomic E-state index is 0.0284. The predicted molar refractivity (Wildman–Crippen MR) is 413 cm³/mol. The second kappa shape index (κ2) is 38.1. The van der Waals surface area contributed by atoms with Crippen molar-refractivity contribution in [2.45, 2.75) is 157 Å². The fraction of sp³-hybridized carbons (Fsp3) is 0.477. The summed E-state index contributed by atoms with van der Waals surface area (Å²) in [5.41, 5.74) is 10.9. The third-order valence-corrected chi connectivity index (χ3v) is 21.6. The number of ketones is 1. The average Bonchev–Trinajstić information content (AvgIpc) is 1.73. The number of ether oxygens (including phenoxy) is 1. The van der Waals surface area contributed by atoms with Gasteiger partial charge in [-0.1, -0.05) is 201 Å². The van der Waals surface area contributed by atoms with Gasteiger partial charge < -0.3 is 32.6 Å². The quantitative estimate of drug-likeness (QED) is 0.0651. The first-order valence-corrected chi connectivity index (χ1v) is 39.1. The first-order chi connectivity index (χ1) is 51.9. The lowest BCUT2D eigenvalue weighted by atomic mass is 9.90. The fourth-order valence-electron chi connectivity index (χ4n) is 15.5. The molecule has 20 heteroatoms. The van der Waals surface area contributed by atoms with Crippen molar-refractivity contribution in [1.82, 2.24) is 70.0 Å². The molecule has 0 radical (unpaired) electrons. The SMILES string of the molecule is Cc1ccc(-c2noc(CN3CCC(N4CCCCC4)CC3)n2)cc1.Cc1ccc(-c2noc(CN3CCCC(C(=O)c4ccccc4)C3)n2)cc1.Cc1ccc(-c2noc(CN3CCCC(CN4CCCCC4)C3)n2)cc1.Cc1ccc(OCC2CCCN(Cc3nc(-c4ccc(C)cc4)no3)C2)cc1. The summed E-state index contributed by atoms with van der Waals surface area (Å²) in [7, 11) is 0. The van der Waals surface area contributed by atoms with E-state index in [-0.39, 0.29) is 11.7 Å². The van der Waals surface area contributed by atoms with Crippen LogP contribution in [-0.4, -0.2) is 173 Å². The smallest absolute Gasteiger partial charge is 0.241 e. The molecule has 0 amide bonds. The predicted octanol–water partition coefficient (Wildman–Crippen LogP) is 16.0. The number of piperidine rings is 6. The molecular weight excluding hydrogens is 1330 g/mol. The lowest BCUT2D eigenvalue weighted by molar-refractivity contribution is 0.0797. The highest BCUT2D eigenvalue weighted by Gasteiger charge is 2.31. The summed E-state index contributed by atoms with van der Waals surface area (Å²) in [6, 6.07) is 51.4. The summed E-state index contributed by atoms with van der Waals surface area (Å²) in [4.78, 5) is 46.0. The summed E-state index contributed by atoms with van der Waals surface area (Å²) in [6.07, 6.45) is 17.8. The largest absolute Gasteiger partial charge is 0.493 e. The Kier molecular flexibility index (Phi) is 27.1. The number of rotatable bonds is 20. The second-order valence-corrected chi connectivity index (χ2v) is 30.4. The highest BCUT2D eigenvalue weighted by atomic mass is 16.5. The molecule has 3 unspecified atom stereocenters. The van der Waals surface area contributed by atoms with E-state index in [0.29, 0.717) is 54.1 Å². The maximum absolute atomic E-state index is 12.7. The Morgan fingerprint density at radius 1 is 0.368 bits per heavy atom. The normalized spacial score (nSPS) is 19.6. The Morgan fingerprint density at radius 2 is 0.736 bits per heavy atom. The van der Waals surface area contributed by atoms with Crippen LogP contribution in [0.15, 0.2) is 170 Å². The number of carbonyl (C=O) groups is 1. The lowest BCUT2D eigenvalue weighted by Crippen LogP contribution is -2.46. The Balaban J connectivity index is 0.000000125. The van der Waals surface area contributed by atoms with E-state index in [1.165, 1.54) is 138 Å². The number of hydrogen-bond donors (Lipinski definition) is 0. The van der Waals surface area contributed by atoms with Gasteiger partial charge in [0.2, 0.25) is 46.9 Å².